The summed E-state index contributed by atoms with van der Waals surface area (Å²) < 4.78 is 2.14. The summed E-state index contributed by atoms with van der Waals surface area (Å²) in [4.78, 5) is 12.9. The molecule has 1 aromatic heterocycles. The van der Waals surface area contributed by atoms with Crippen LogP contribution in [0, 0.1) is 25.2 Å². The second kappa shape index (κ2) is 9.95. The first-order chi connectivity index (χ1) is 16.3. The van der Waals surface area contributed by atoms with Gasteiger partial charge in [0, 0.05) is 39.4 Å². The molecule has 4 aromatic rings. The van der Waals surface area contributed by atoms with Gasteiger partial charge in [0.15, 0.2) is 0 Å². The minimum atomic E-state index is -0.478. The Labute approximate surface area is 213 Å². The molecule has 4 rings (SSSR count). The van der Waals surface area contributed by atoms with Crippen LogP contribution in [0.3, 0.4) is 0 Å². The molecule has 0 saturated heterocycles. The number of nitrogens with zero attached hydrogens (tertiary/aromatic N) is 2. The van der Waals surface area contributed by atoms with E-state index >= 15 is 0 Å². The topological polar surface area (TPSA) is 57.8 Å². The van der Waals surface area contributed by atoms with Crippen molar-refractivity contribution in [3.8, 4) is 6.07 Å². The number of aryl methyl sites for hydroxylation is 1. The number of carbonyl (C=O) groups excluding carboxylic acids is 1. The van der Waals surface area contributed by atoms with Crippen LogP contribution in [0.1, 0.15) is 22.4 Å². The van der Waals surface area contributed by atoms with Gasteiger partial charge in [0.1, 0.15) is 11.6 Å². The summed E-state index contributed by atoms with van der Waals surface area (Å²) in [6, 6.07) is 20.7. The molecule has 0 atom stereocenters. The summed E-state index contributed by atoms with van der Waals surface area (Å²) in [5, 5.41) is 15.1. The van der Waals surface area contributed by atoms with Gasteiger partial charge in [-0.15, -0.1) is 0 Å². The number of halogens is 3. The van der Waals surface area contributed by atoms with Gasteiger partial charge in [0.2, 0.25) is 0 Å². The number of nitrogens with one attached hydrogen (secondary N) is 1. The molecule has 0 bridgehead atoms. The Morgan fingerprint density at radius 1 is 1.03 bits per heavy atom. The van der Waals surface area contributed by atoms with E-state index in [0.717, 1.165) is 33.3 Å². The quantitative estimate of drug-likeness (QED) is 0.221. The smallest absolute Gasteiger partial charge is 0.266 e. The molecule has 0 unspecified atom stereocenters. The lowest BCUT2D eigenvalue weighted by molar-refractivity contribution is -0.112. The van der Waals surface area contributed by atoms with Gasteiger partial charge in [0.25, 0.3) is 5.91 Å². The highest BCUT2D eigenvalue weighted by Crippen LogP contribution is 2.30. The van der Waals surface area contributed by atoms with E-state index in [9.17, 15) is 10.1 Å². The van der Waals surface area contributed by atoms with Crippen molar-refractivity contribution in [2.75, 3.05) is 5.32 Å². The Balaban J connectivity index is 1.74. The average molecular weight is 509 g/mol. The van der Waals surface area contributed by atoms with Crippen LogP contribution >= 0.6 is 34.8 Å². The molecular weight excluding hydrogens is 489 g/mol. The van der Waals surface area contributed by atoms with E-state index in [0.29, 0.717) is 27.3 Å². The highest BCUT2D eigenvalue weighted by Gasteiger charge is 2.17. The summed E-state index contributed by atoms with van der Waals surface area (Å²) in [6.07, 6.45) is 1.64. The normalized spacial score (nSPS) is 11.5. The Morgan fingerprint density at radius 2 is 1.79 bits per heavy atom. The predicted octanol–water partition coefficient (Wildman–Crippen LogP) is 7.81. The zero-order valence-electron chi connectivity index (χ0n) is 18.5. The number of nitriles is 1. The van der Waals surface area contributed by atoms with Gasteiger partial charge in [-0.1, -0.05) is 59.1 Å². The lowest BCUT2D eigenvalue weighted by Crippen LogP contribution is -2.14. The molecule has 0 radical (unpaired) electrons. The molecular formula is C27H20Cl3N3O. The van der Waals surface area contributed by atoms with Crippen LogP contribution in [-0.2, 0) is 11.3 Å². The van der Waals surface area contributed by atoms with Gasteiger partial charge in [-0.2, -0.15) is 5.26 Å². The molecule has 1 amide bonds. The van der Waals surface area contributed by atoms with Crippen molar-refractivity contribution in [2.45, 2.75) is 20.4 Å². The molecule has 170 valence electrons. The van der Waals surface area contributed by atoms with E-state index in [4.69, 9.17) is 34.8 Å². The minimum Gasteiger partial charge on any atom is -0.340 e. The number of benzene rings is 3. The molecule has 3 aromatic carbocycles. The zero-order valence-corrected chi connectivity index (χ0v) is 20.8. The zero-order chi connectivity index (χ0) is 24.4. The fourth-order valence-electron chi connectivity index (χ4n) is 3.91. The molecule has 4 nitrogen and oxygen atoms in total. The molecule has 0 aliphatic rings. The summed E-state index contributed by atoms with van der Waals surface area (Å²) in [7, 11) is 0. The lowest BCUT2D eigenvalue weighted by atomic mass is 10.1. The van der Waals surface area contributed by atoms with Gasteiger partial charge in [-0.05, 0) is 67.4 Å². The molecule has 0 saturated carbocycles. The van der Waals surface area contributed by atoms with E-state index < -0.39 is 5.91 Å². The Morgan fingerprint density at radius 3 is 2.50 bits per heavy atom. The lowest BCUT2D eigenvalue weighted by Gasteiger charge is -2.10. The third-order valence-electron chi connectivity index (χ3n) is 5.69. The van der Waals surface area contributed by atoms with Gasteiger partial charge >= 0.3 is 0 Å². The van der Waals surface area contributed by atoms with Crippen LogP contribution < -0.4 is 5.32 Å². The van der Waals surface area contributed by atoms with Crippen molar-refractivity contribution in [3.63, 3.8) is 0 Å². The number of hydrogen-bond donors (Lipinski definition) is 1. The van der Waals surface area contributed by atoms with Crippen molar-refractivity contribution < 1.29 is 4.79 Å². The maximum atomic E-state index is 12.9. The number of aromatic nitrogens is 1. The van der Waals surface area contributed by atoms with Gasteiger partial charge in [-0.3, -0.25) is 4.79 Å². The number of para-hydroxylation sites is 1. The summed E-state index contributed by atoms with van der Waals surface area (Å²) in [6.45, 7) is 4.38. The number of anilines is 1. The summed E-state index contributed by atoms with van der Waals surface area (Å²) in [5.74, 6) is -0.478. The van der Waals surface area contributed by atoms with E-state index in [-0.39, 0.29) is 5.57 Å². The van der Waals surface area contributed by atoms with Crippen LogP contribution in [0.5, 0.6) is 0 Å². The fourth-order valence-corrected chi connectivity index (χ4v) is 4.46. The molecule has 7 heteroatoms. The number of fused-ring (bicyclic) bond motifs is 1. The molecule has 0 aliphatic heterocycles. The first-order valence-electron chi connectivity index (χ1n) is 10.5. The number of hydrogen-bond acceptors (Lipinski definition) is 2. The summed E-state index contributed by atoms with van der Waals surface area (Å²) in [5.41, 5.74) is 5.15. The molecule has 1 heterocycles. The maximum absolute atomic E-state index is 12.9. The molecule has 34 heavy (non-hydrogen) atoms. The van der Waals surface area contributed by atoms with Crippen molar-refractivity contribution in [1.82, 2.24) is 4.57 Å². The van der Waals surface area contributed by atoms with Crippen LogP contribution in [0.2, 0.25) is 15.1 Å². The van der Waals surface area contributed by atoms with Crippen LogP contribution in [0.15, 0.2) is 66.2 Å². The first kappa shape index (κ1) is 23.9. The van der Waals surface area contributed by atoms with E-state index in [2.05, 4.69) is 9.88 Å². The van der Waals surface area contributed by atoms with E-state index in [1.54, 1.807) is 30.3 Å². The highest BCUT2D eigenvalue weighted by atomic mass is 35.5. The average Bonchev–Trinajstić information content (AvgIpc) is 3.07. The maximum Gasteiger partial charge on any atom is 0.266 e. The predicted molar refractivity (Wildman–Crippen MR) is 141 cm³/mol. The standard InChI is InChI=1S/C27H20Cl3N3O/c1-16-11-20(28)8-10-25(16)32-27(34)19(14-31)13-22-17(2)33(26-6-4-3-5-21(22)26)15-18-7-9-23(29)24(30)12-18/h3-13H,15H2,1-2H3,(H,32,34)/b19-13+. The molecule has 0 aliphatic carbocycles. The second-order valence-electron chi connectivity index (χ2n) is 7.93. The molecule has 0 spiro atoms. The van der Waals surface area contributed by atoms with E-state index in [1.807, 2.05) is 56.3 Å². The number of carbonyl (C=O) groups is 1. The third kappa shape index (κ3) is 4.83. The fraction of sp³-hybridized carbons (Fsp3) is 0.111. The Bertz CT molecular complexity index is 1500. The van der Waals surface area contributed by atoms with Gasteiger partial charge < -0.3 is 9.88 Å². The SMILES string of the molecule is Cc1cc(Cl)ccc1NC(=O)/C(C#N)=C/c1c(C)n(Cc2ccc(Cl)c(Cl)c2)c2ccccc12. The first-order valence-corrected chi connectivity index (χ1v) is 11.6. The highest BCUT2D eigenvalue weighted by molar-refractivity contribution is 6.42. The summed E-state index contributed by atoms with van der Waals surface area (Å²) >= 11 is 18.3. The van der Waals surface area contributed by atoms with Gasteiger partial charge in [-0.25, -0.2) is 0 Å². The van der Waals surface area contributed by atoms with Crippen molar-refractivity contribution in [1.29, 1.82) is 5.26 Å². The van der Waals surface area contributed by atoms with Crippen molar-refractivity contribution >= 4 is 63.4 Å². The second-order valence-corrected chi connectivity index (χ2v) is 9.18. The van der Waals surface area contributed by atoms with Crippen molar-refractivity contribution in [3.05, 3.63) is 104 Å². The number of rotatable bonds is 5. The minimum absolute atomic E-state index is 0.00916. The van der Waals surface area contributed by atoms with Gasteiger partial charge in [0.05, 0.1) is 10.0 Å². The van der Waals surface area contributed by atoms with Crippen LogP contribution in [-0.4, -0.2) is 10.5 Å². The monoisotopic (exact) mass is 507 g/mol. The largest absolute Gasteiger partial charge is 0.340 e. The molecule has 0 fully saturated rings. The number of amides is 1. The van der Waals surface area contributed by atoms with Crippen molar-refractivity contribution in [2.24, 2.45) is 0 Å². The van der Waals surface area contributed by atoms with Crippen LogP contribution in [0.25, 0.3) is 17.0 Å². The van der Waals surface area contributed by atoms with E-state index in [1.165, 1.54) is 0 Å². The third-order valence-corrected chi connectivity index (χ3v) is 6.67. The molecule has 1 N–H and O–H groups in total. The Kier molecular flexibility index (Phi) is 7.00. The van der Waals surface area contributed by atoms with Crippen LogP contribution in [0.4, 0.5) is 5.69 Å². The Hall–Kier alpha value is -3.23.